The molecule has 4 rings (SSSR count). The van der Waals surface area contributed by atoms with E-state index in [4.69, 9.17) is 11.6 Å². The molecule has 0 fully saturated rings. The smallest absolute Gasteiger partial charge is 0.266 e. The summed E-state index contributed by atoms with van der Waals surface area (Å²) in [5.74, 6) is -0.137. The first-order chi connectivity index (χ1) is 12.2. The van der Waals surface area contributed by atoms with Crippen molar-refractivity contribution < 1.29 is 4.79 Å². The third kappa shape index (κ3) is 3.36. The molecule has 3 nitrogen and oxygen atoms in total. The van der Waals surface area contributed by atoms with Crippen molar-refractivity contribution in [1.82, 2.24) is 5.32 Å². The van der Waals surface area contributed by atoms with Crippen LogP contribution < -0.4 is 5.32 Å². The average Bonchev–Trinajstić information content (AvgIpc) is 3.30. The Morgan fingerprint density at radius 3 is 2.72 bits per heavy atom. The summed E-state index contributed by atoms with van der Waals surface area (Å²) in [5, 5.41) is 5.50. The van der Waals surface area contributed by atoms with Crippen LogP contribution in [-0.4, -0.2) is 11.6 Å². The number of rotatable bonds is 4. The summed E-state index contributed by atoms with van der Waals surface area (Å²) in [6.07, 6.45) is 0.506. The molecule has 25 heavy (non-hydrogen) atoms. The molecule has 124 valence electrons. The van der Waals surface area contributed by atoms with Gasteiger partial charge < -0.3 is 5.32 Å². The van der Waals surface area contributed by atoms with Crippen LogP contribution in [0.25, 0.3) is 11.1 Å². The van der Waals surface area contributed by atoms with Crippen molar-refractivity contribution in [3.8, 4) is 11.1 Å². The standard InChI is InChI=1S/C20H15ClN2OS/c21-17-10-14(13-5-2-1-3-6-13)9-15-11-18(23-19(15)17)20(24)22-12-16-7-4-8-25-16/h1-10H,11-12H2,(H,22,24). The molecule has 1 amide bonds. The number of halogens is 1. The van der Waals surface area contributed by atoms with E-state index in [2.05, 4.69) is 16.4 Å². The summed E-state index contributed by atoms with van der Waals surface area (Å²) in [7, 11) is 0. The van der Waals surface area contributed by atoms with Crippen LogP contribution in [0.15, 0.2) is 65.0 Å². The second-order valence-electron chi connectivity index (χ2n) is 5.83. The number of carbonyl (C=O) groups is 1. The van der Waals surface area contributed by atoms with Crippen LogP contribution in [0.4, 0.5) is 5.69 Å². The van der Waals surface area contributed by atoms with Crippen LogP contribution in [0.5, 0.6) is 0 Å². The number of nitrogens with one attached hydrogen (secondary N) is 1. The second kappa shape index (κ2) is 6.82. The maximum Gasteiger partial charge on any atom is 0.266 e. The van der Waals surface area contributed by atoms with Gasteiger partial charge >= 0.3 is 0 Å². The summed E-state index contributed by atoms with van der Waals surface area (Å²) in [5.41, 5.74) is 4.36. The van der Waals surface area contributed by atoms with E-state index in [1.165, 1.54) is 0 Å². The van der Waals surface area contributed by atoms with Crippen LogP contribution >= 0.6 is 22.9 Å². The van der Waals surface area contributed by atoms with E-state index in [0.717, 1.165) is 21.6 Å². The molecular weight excluding hydrogens is 352 g/mol. The molecule has 1 aromatic heterocycles. The third-order valence-electron chi connectivity index (χ3n) is 4.12. The zero-order chi connectivity index (χ0) is 17.2. The normalized spacial score (nSPS) is 12.6. The number of aliphatic imine (C=N–C) groups is 1. The van der Waals surface area contributed by atoms with Gasteiger partial charge in [-0.3, -0.25) is 4.79 Å². The molecule has 0 saturated heterocycles. The largest absolute Gasteiger partial charge is 0.346 e. The van der Waals surface area contributed by atoms with Crippen LogP contribution in [0, 0.1) is 0 Å². The molecule has 0 aliphatic carbocycles. The van der Waals surface area contributed by atoms with Crippen LogP contribution in [-0.2, 0) is 17.8 Å². The summed E-state index contributed by atoms with van der Waals surface area (Å²) in [4.78, 5) is 18.0. The Morgan fingerprint density at radius 1 is 1.12 bits per heavy atom. The Bertz CT molecular complexity index is 949. The van der Waals surface area contributed by atoms with E-state index in [1.807, 2.05) is 53.9 Å². The maximum absolute atomic E-state index is 12.4. The minimum absolute atomic E-state index is 0.137. The second-order valence-corrected chi connectivity index (χ2v) is 7.27. The molecule has 1 aliphatic rings. The van der Waals surface area contributed by atoms with Gasteiger partial charge in [0.25, 0.3) is 5.91 Å². The predicted octanol–water partition coefficient (Wildman–Crippen LogP) is 5.01. The molecule has 0 spiro atoms. The lowest BCUT2D eigenvalue weighted by molar-refractivity contribution is -0.115. The molecule has 0 radical (unpaired) electrons. The van der Waals surface area contributed by atoms with Crippen molar-refractivity contribution in [3.63, 3.8) is 0 Å². The molecule has 1 N–H and O–H groups in total. The number of amides is 1. The maximum atomic E-state index is 12.4. The van der Waals surface area contributed by atoms with Crippen molar-refractivity contribution >= 4 is 40.2 Å². The molecule has 0 bridgehead atoms. The van der Waals surface area contributed by atoms with Gasteiger partial charge in [-0.2, -0.15) is 0 Å². The van der Waals surface area contributed by atoms with Gasteiger partial charge in [-0.15, -0.1) is 11.3 Å². The van der Waals surface area contributed by atoms with Crippen molar-refractivity contribution in [2.45, 2.75) is 13.0 Å². The van der Waals surface area contributed by atoms with E-state index in [9.17, 15) is 4.79 Å². The molecule has 2 heterocycles. The molecule has 2 aromatic carbocycles. The van der Waals surface area contributed by atoms with Crippen LogP contribution in [0.2, 0.25) is 5.02 Å². The molecule has 3 aromatic rings. The van der Waals surface area contributed by atoms with Gasteiger partial charge in [0.2, 0.25) is 0 Å². The number of nitrogens with zero attached hydrogens (tertiary/aromatic N) is 1. The third-order valence-corrected chi connectivity index (χ3v) is 5.28. The molecule has 0 atom stereocenters. The Kier molecular flexibility index (Phi) is 4.38. The van der Waals surface area contributed by atoms with E-state index in [1.54, 1.807) is 11.3 Å². The lowest BCUT2D eigenvalue weighted by Crippen LogP contribution is -2.30. The Labute approximate surface area is 155 Å². The molecule has 0 saturated carbocycles. The van der Waals surface area contributed by atoms with Gasteiger partial charge in [0.15, 0.2) is 0 Å². The van der Waals surface area contributed by atoms with E-state index < -0.39 is 0 Å². The van der Waals surface area contributed by atoms with Crippen LogP contribution in [0.3, 0.4) is 0 Å². The summed E-state index contributed by atoms with van der Waals surface area (Å²) in [6, 6.07) is 18.0. The number of thiophene rings is 1. The summed E-state index contributed by atoms with van der Waals surface area (Å²) >= 11 is 8.04. The average molecular weight is 367 g/mol. The van der Waals surface area contributed by atoms with Gasteiger partial charge in [-0.05, 0) is 40.3 Å². The Hall–Kier alpha value is -2.43. The van der Waals surface area contributed by atoms with Gasteiger partial charge in [-0.1, -0.05) is 48.0 Å². The molecule has 0 unspecified atom stereocenters. The fourth-order valence-electron chi connectivity index (χ4n) is 2.88. The number of fused-ring (bicyclic) bond motifs is 1. The van der Waals surface area contributed by atoms with Crippen molar-refractivity contribution in [2.24, 2.45) is 4.99 Å². The van der Waals surface area contributed by atoms with Gasteiger partial charge in [-0.25, -0.2) is 4.99 Å². The monoisotopic (exact) mass is 366 g/mol. The highest BCUT2D eigenvalue weighted by Gasteiger charge is 2.23. The van der Waals surface area contributed by atoms with Crippen molar-refractivity contribution in [3.05, 3.63) is 75.4 Å². The van der Waals surface area contributed by atoms with Gasteiger partial charge in [0.05, 0.1) is 17.3 Å². The highest BCUT2D eigenvalue weighted by Crippen LogP contribution is 2.38. The lowest BCUT2D eigenvalue weighted by Gasteiger charge is -2.06. The Balaban J connectivity index is 1.53. The van der Waals surface area contributed by atoms with Crippen molar-refractivity contribution in [2.75, 3.05) is 0 Å². The fraction of sp³-hybridized carbons (Fsp3) is 0.100. The molecule has 1 aliphatic heterocycles. The Morgan fingerprint density at radius 2 is 1.96 bits per heavy atom. The van der Waals surface area contributed by atoms with Gasteiger partial charge in [0.1, 0.15) is 5.71 Å². The van der Waals surface area contributed by atoms with E-state index >= 15 is 0 Å². The zero-order valence-corrected chi connectivity index (χ0v) is 14.9. The van der Waals surface area contributed by atoms with Crippen molar-refractivity contribution in [1.29, 1.82) is 0 Å². The topological polar surface area (TPSA) is 41.5 Å². The fourth-order valence-corrected chi connectivity index (χ4v) is 3.81. The molecule has 5 heteroatoms. The van der Waals surface area contributed by atoms with Crippen LogP contribution in [0.1, 0.15) is 10.4 Å². The van der Waals surface area contributed by atoms with E-state index in [-0.39, 0.29) is 5.91 Å². The summed E-state index contributed by atoms with van der Waals surface area (Å²) < 4.78 is 0. The quantitative estimate of drug-likeness (QED) is 0.692. The number of carbonyl (C=O) groups excluding carboxylic acids is 1. The molecular formula is C20H15ClN2OS. The first kappa shape index (κ1) is 16.1. The minimum atomic E-state index is -0.137. The number of benzene rings is 2. The highest BCUT2D eigenvalue weighted by atomic mass is 35.5. The number of hydrogen-bond acceptors (Lipinski definition) is 3. The first-order valence-corrected chi connectivity index (χ1v) is 9.22. The minimum Gasteiger partial charge on any atom is -0.346 e. The predicted molar refractivity (Wildman–Crippen MR) is 104 cm³/mol. The lowest BCUT2D eigenvalue weighted by atomic mass is 10.0. The summed E-state index contributed by atoms with van der Waals surface area (Å²) in [6.45, 7) is 0.523. The number of hydrogen-bond donors (Lipinski definition) is 1. The zero-order valence-electron chi connectivity index (χ0n) is 13.3. The first-order valence-electron chi connectivity index (χ1n) is 7.97. The van der Waals surface area contributed by atoms with Gasteiger partial charge in [0, 0.05) is 11.3 Å². The highest BCUT2D eigenvalue weighted by molar-refractivity contribution is 7.09. The SMILES string of the molecule is O=C(NCc1cccs1)C1=Nc2c(Cl)cc(-c3ccccc3)cc2C1. The van der Waals surface area contributed by atoms with E-state index in [0.29, 0.717) is 29.4 Å².